The Kier molecular flexibility index (Phi) is 3.22. The summed E-state index contributed by atoms with van der Waals surface area (Å²) in [6.45, 7) is 1.76. The third kappa shape index (κ3) is 1.96. The maximum absolute atomic E-state index is 8.87. The number of nitrogens with zero attached hydrogens (tertiary/aromatic N) is 1. The van der Waals surface area contributed by atoms with Gasteiger partial charge in [-0.2, -0.15) is 0 Å². The van der Waals surface area contributed by atoms with Crippen LogP contribution in [0.15, 0.2) is 12.3 Å². The SMILES string of the molecule is COc1ccnc(C(N)CO)c1C. The number of ether oxygens (including phenoxy) is 1. The Bertz CT molecular complexity index is 289. The number of aliphatic hydroxyl groups excluding tert-OH is 1. The molecule has 1 rings (SSSR count). The number of aliphatic hydroxyl groups is 1. The quantitative estimate of drug-likeness (QED) is 0.709. The molecule has 0 fully saturated rings. The summed E-state index contributed by atoms with van der Waals surface area (Å²) < 4.78 is 5.10. The van der Waals surface area contributed by atoms with Gasteiger partial charge in [-0.1, -0.05) is 0 Å². The normalized spacial score (nSPS) is 12.6. The zero-order chi connectivity index (χ0) is 9.84. The highest BCUT2D eigenvalue weighted by Gasteiger charge is 2.11. The molecule has 0 aliphatic carbocycles. The van der Waals surface area contributed by atoms with E-state index < -0.39 is 6.04 Å². The molecule has 0 spiro atoms. The van der Waals surface area contributed by atoms with Crippen LogP contribution in [0.4, 0.5) is 0 Å². The van der Waals surface area contributed by atoms with Crippen molar-refractivity contribution in [1.29, 1.82) is 0 Å². The molecule has 72 valence electrons. The number of pyridine rings is 1. The van der Waals surface area contributed by atoms with E-state index in [4.69, 9.17) is 15.6 Å². The molecule has 13 heavy (non-hydrogen) atoms. The van der Waals surface area contributed by atoms with Gasteiger partial charge in [-0.3, -0.25) is 4.98 Å². The molecule has 1 unspecified atom stereocenters. The van der Waals surface area contributed by atoms with E-state index in [1.165, 1.54) is 0 Å². The largest absolute Gasteiger partial charge is 0.496 e. The molecule has 0 bridgehead atoms. The van der Waals surface area contributed by atoms with E-state index in [0.29, 0.717) is 5.69 Å². The summed E-state index contributed by atoms with van der Waals surface area (Å²) in [6, 6.07) is 1.33. The van der Waals surface area contributed by atoms with Gasteiger partial charge in [-0.25, -0.2) is 0 Å². The molecule has 0 aliphatic heterocycles. The van der Waals surface area contributed by atoms with Gasteiger partial charge in [0.05, 0.1) is 25.5 Å². The molecule has 1 heterocycles. The first-order chi connectivity index (χ1) is 6.20. The van der Waals surface area contributed by atoms with Crippen LogP contribution in [0, 0.1) is 6.92 Å². The third-order valence-corrected chi connectivity index (χ3v) is 1.96. The van der Waals surface area contributed by atoms with Gasteiger partial charge in [0.15, 0.2) is 0 Å². The number of hydrogen-bond acceptors (Lipinski definition) is 4. The Morgan fingerprint density at radius 3 is 2.92 bits per heavy atom. The van der Waals surface area contributed by atoms with E-state index in [1.54, 1.807) is 19.4 Å². The van der Waals surface area contributed by atoms with Crippen molar-refractivity contribution in [1.82, 2.24) is 4.98 Å². The molecule has 1 aromatic heterocycles. The lowest BCUT2D eigenvalue weighted by atomic mass is 10.1. The number of nitrogens with two attached hydrogens (primary N) is 1. The Hall–Kier alpha value is -1.13. The van der Waals surface area contributed by atoms with Crippen LogP contribution in [0.2, 0.25) is 0 Å². The van der Waals surface area contributed by atoms with E-state index in [0.717, 1.165) is 11.3 Å². The number of rotatable bonds is 3. The highest BCUT2D eigenvalue weighted by Crippen LogP contribution is 2.22. The fraction of sp³-hybridized carbons (Fsp3) is 0.444. The smallest absolute Gasteiger partial charge is 0.125 e. The maximum atomic E-state index is 8.87. The van der Waals surface area contributed by atoms with E-state index in [1.807, 2.05) is 6.92 Å². The fourth-order valence-corrected chi connectivity index (χ4v) is 1.21. The van der Waals surface area contributed by atoms with Crippen LogP contribution in [0.1, 0.15) is 17.3 Å². The van der Waals surface area contributed by atoms with Crippen LogP contribution in [0.5, 0.6) is 5.75 Å². The molecule has 3 N–H and O–H groups in total. The predicted octanol–water partition coefficient (Wildman–Crippen LogP) is 0.391. The van der Waals surface area contributed by atoms with Gasteiger partial charge in [-0.15, -0.1) is 0 Å². The molecule has 4 heteroatoms. The molecular formula is C9H14N2O2. The summed E-state index contributed by atoms with van der Waals surface area (Å²) in [4.78, 5) is 4.09. The Balaban J connectivity index is 3.08. The van der Waals surface area contributed by atoms with Crippen molar-refractivity contribution in [3.05, 3.63) is 23.5 Å². The minimum atomic E-state index is -0.435. The van der Waals surface area contributed by atoms with Gasteiger partial charge in [0, 0.05) is 11.8 Å². The third-order valence-electron chi connectivity index (χ3n) is 1.96. The molecule has 0 radical (unpaired) electrons. The molecule has 4 nitrogen and oxygen atoms in total. The van der Waals surface area contributed by atoms with Crippen molar-refractivity contribution in [2.75, 3.05) is 13.7 Å². The van der Waals surface area contributed by atoms with Crippen molar-refractivity contribution in [3.8, 4) is 5.75 Å². The molecular weight excluding hydrogens is 168 g/mol. The van der Waals surface area contributed by atoms with Crippen molar-refractivity contribution < 1.29 is 9.84 Å². The number of methoxy groups -OCH3 is 1. The highest BCUT2D eigenvalue weighted by atomic mass is 16.5. The lowest BCUT2D eigenvalue weighted by molar-refractivity contribution is 0.265. The van der Waals surface area contributed by atoms with Crippen LogP contribution < -0.4 is 10.5 Å². The van der Waals surface area contributed by atoms with Crippen LogP contribution in [-0.2, 0) is 0 Å². The minimum absolute atomic E-state index is 0.110. The molecule has 1 aromatic rings. The van der Waals surface area contributed by atoms with Crippen LogP contribution in [0.25, 0.3) is 0 Å². The standard InChI is InChI=1S/C9H14N2O2/c1-6-8(13-2)3-4-11-9(6)7(10)5-12/h3-4,7,12H,5,10H2,1-2H3. The topological polar surface area (TPSA) is 68.4 Å². The van der Waals surface area contributed by atoms with Gasteiger partial charge in [0.1, 0.15) is 5.75 Å². The van der Waals surface area contributed by atoms with Crippen molar-refractivity contribution in [2.45, 2.75) is 13.0 Å². The van der Waals surface area contributed by atoms with E-state index in [2.05, 4.69) is 4.98 Å². The molecule has 1 atom stereocenters. The molecule has 0 saturated heterocycles. The van der Waals surface area contributed by atoms with Crippen molar-refractivity contribution >= 4 is 0 Å². The zero-order valence-corrected chi connectivity index (χ0v) is 7.82. The summed E-state index contributed by atoms with van der Waals surface area (Å²) in [5.74, 6) is 0.744. The second-order valence-corrected chi connectivity index (χ2v) is 2.81. The number of aromatic nitrogens is 1. The molecule has 0 saturated carbocycles. The van der Waals surface area contributed by atoms with E-state index in [9.17, 15) is 0 Å². The van der Waals surface area contributed by atoms with Gasteiger partial charge >= 0.3 is 0 Å². The summed E-state index contributed by atoms with van der Waals surface area (Å²) in [7, 11) is 1.59. The van der Waals surface area contributed by atoms with Gasteiger partial charge in [-0.05, 0) is 13.0 Å². The van der Waals surface area contributed by atoms with Gasteiger partial charge in [0.25, 0.3) is 0 Å². The Morgan fingerprint density at radius 1 is 1.69 bits per heavy atom. The van der Waals surface area contributed by atoms with Crippen molar-refractivity contribution in [3.63, 3.8) is 0 Å². The van der Waals surface area contributed by atoms with E-state index >= 15 is 0 Å². The van der Waals surface area contributed by atoms with Crippen molar-refractivity contribution in [2.24, 2.45) is 5.73 Å². The average Bonchev–Trinajstić information content (AvgIpc) is 2.17. The average molecular weight is 182 g/mol. The van der Waals surface area contributed by atoms with E-state index in [-0.39, 0.29) is 6.61 Å². The van der Waals surface area contributed by atoms with Crippen LogP contribution >= 0.6 is 0 Å². The fourth-order valence-electron chi connectivity index (χ4n) is 1.21. The number of hydrogen-bond donors (Lipinski definition) is 2. The Morgan fingerprint density at radius 2 is 2.38 bits per heavy atom. The molecule has 0 amide bonds. The van der Waals surface area contributed by atoms with Crippen LogP contribution in [-0.4, -0.2) is 23.8 Å². The Labute approximate surface area is 77.4 Å². The van der Waals surface area contributed by atoms with Gasteiger partial charge < -0.3 is 15.6 Å². The first-order valence-electron chi connectivity index (χ1n) is 4.06. The second-order valence-electron chi connectivity index (χ2n) is 2.81. The lowest BCUT2D eigenvalue weighted by Gasteiger charge is -2.12. The lowest BCUT2D eigenvalue weighted by Crippen LogP contribution is -2.17. The molecule has 0 aromatic carbocycles. The van der Waals surface area contributed by atoms with Crippen LogP contribution in [0.3, 0.4) is 0 Å². The summed E-state index contributed by atoms with van der Waals surface area (Å²) >= 11 is 0. The minimum Gasteiger partial charge on any atom is -0.496 e. The maximum Gasteiger partial charge on any atom is 0.125 e. The highest BCUT2D eigenvalue weighted by molar-refractivity contribution is 5.35. The van der Waals surface area contributed by atoms with Gasteiger partial charge in [0.2, 0.25) is 0 Å². The summed E-state index contributed by atoms with van der Waals surface area (Å²) in [5.41, 5.74) is 7.21. The first kappa shape index (κ1) is 9.95. The first-order valence-corrected chi connectivity index (χ1v) is 4.06. The molecule has 0 aliphatic rings. The monoisotopic (exact) mass is 182 g/mol. The second kappa shape index (κ2) is 4.20. The predicted molar refractivity (Wildman–Crippen MR) is 49.5 cm³/mol. The summed E-state index contributed by atoms with van der Waals surface area (Å²) in [5, 5.41) is 8.87. The summed E-state index contributed by atoms with van der Waals surface area (Å²) in [6.07, 6.45) is 1.62. The zero-order valence-electron chi connectivity index (χ0n) is 7.82.